The van der Waals surface area contributed by atoms with Crippen molar-refractivity contribution in [2.45, 2.75) is 57.8 Å². The number of alkyl halides is 4. The topological polar surface area (TPSA) is 64.6 Å². The van der Waals surface area contributed by atoms with E-state index in [1.54, 1.807) is 69.3 Å². The summed E-state index contributed by atoms with van der Waals surface area (Å²) in [7, 11) is 0. The highest BCUT2D eigenvalue weighted by molar-refractivity contribution is 6.33. The third-order valence-corrected chi connectivity index (χ3v) is 5.86. The number of carbonyl (C=O) groups is 2. The van der Waals surface area contributed by atoms with E-state index in [9.17, 15) is 27.2 Å². The number of carbonyl (C=O) groups excluding carboxylic acids is 2. The molecule has 10 heteroatoms. The first-order chi connectivity index (χ1) is 18.2. The molecule has 0 radical (unpaired) electrons. The zero-order valence-corrected chi connectivity index (χ0v) is 22.3. The normalized spacial score (nSPS) is 12.6. The van der Waals surface area contributed by atoms with Crippen LogP contribution in [0.5, 0.6) is 5.75 Å². The number of amides is 1. The molecular weight excluding hydrogens is 538 g/mol. The Balaban J connectivity index is 1.77. The molecule has 208 valence electrons. The number of Topliss-reactive ketones (excluding diaryl/α,β-unsaturated/α-hetero) is 1. The minimum Gasteiger partial charge on any atom is -0.444 e. The van der Waals surface area contributed by atoms with Gasteiger partial charge in [0.25, 0.3) is 0 Å². The highest BCUT2D eigenvalue weighted by Crippen LogP contribution is 2.30. The van der Waals surface area contributed by atoms with Crippen molar-refractivity contribution in [1.82, 2.24) is 5.32 Å². The fourth-order valence-corrected chi connectivity index (χ4v) is 3.94. The van der Waals surface area contributed by atoms with Gasteiger partial charge in [-0.25, -0.2) is 4.79 Å². The van der Waals surface area contributed by atoms with Crippen molar-refractivity contribution >= 4 is 23.5 Å². The van der Waals surface area contributed by atoms with Crippen LogP contribution in [0.25, 0.3) is 11.1 Å². The molecule has 0 aliphatic rings. The average molecular weight is 566 g/mol. The lowest BCUT2D eigenvalue weighted by Gasteiger charge is -2.24. The molecule has 0 heterocycles. The molecule has 3 aromatic carbocycles. The number of ketones is 1. The van der Waals surface area contributed by atoms with E-state index in [0.717, 1.165) is 0 Å². The van der Waals surface area contributed by atoms with E-state index < -0.39 is 36.0 Å². The van der Waals surface area contributed by atoms with Crippen molar-refractivity contribution in [2.75, 3.05) is 0 Å². The van der Waals surface area contributed by atoms with Gasteiger partial charge in [-0.15, -0.1) is 0 Å². The SMILES string of the molecule is CC(C)(C)OC(=O)NC(CCC(=O)c1ccccc1Cl)c1ccc(-c2ccc(OC(F)(F)C(F)F)cc2)cc1. The number of halogens is 5. The molecule has 0 fully saturated rings. The van der Waals surface area contributed by atoms with Crippen molar-refractivity contribution in [2.24, 2.45) is 0 Å². The number of rotatable bonds is 10. The Kier molecular flexibility index (Phi) is 9.61. The lowest BCUT2D eigenvalue weighted by atomic mass is 9.96. The molecule has 0 aliphatic heterocycles. The van der Waals surface area contributed by atoms with Crippen LogP contribution in [0.4, 0.5) is 22.4 Å². The van der Waals surface area contributed by atoms with Crippen LogP contribution in [-0.2, 0) is 4.74 Å². The van der Waals surface area contributed by atoms with Crippen molar-refractivity contribution in [1.29, 1.82) is 0 Å². The predicted octanol–water partition coefficient (Wildman–Crippen LogP) is 8.47. The highest BCUT2D eigenvalue weighted by Gasteiger charge is 2.43. The predicted molar refractivity (Wildman–Crippen MR) is 141 cm³/mol. The number of nitrogens with one attached hydrogen (secondary N) is 1. The first-order valence-corrected chi connectivity index (χ1v) is 12.5. The maximum atomic E-state index is 13.1. The van der Waals surface area contributed by atoms with Gasteiger partial charge in [-0.3, -0.25) is 4.79 Å². The zero-order chi connectivity index (χ0) is 28.8. The molecule has 1 N–H and O–H groups in total. The summed E-state index contributed by atoms with van der Waals surface area (Å²) in [5.41, 5.74) is 1.70. The molecule has 0 spiro atoms. The summed E-state index contributed by atoms with van der Waals surface area (Å²) in [6, 6.07) is 18.4. The molecule has 39 heavy (non-hydrogen) atoms. The van der Waals surface area contributed by atoms with E-state index in [4.69, 9.17) is 16.3 Å². The Morgan fingerprint density at radius 1 is 0.897 bits per heavy atom. The first-order valence-electron chi connectivity index (χ1n) is 12.1. The Morgan fingerprint density at radius 3 is 2.00 bits per heavy atom. The molecule has 1 atom stereocenters. The monoisotopic (exact) mass is 565 g/mol. The quantitative estimate of drug-likeness (QED) is 0.198. The third kappa shape index (κ3) is 8.71. The number of hydrogen-bond donors (Lipinski definition) is 1. The highest BCUT2D eigenvalue weighted by atomic mass is 35.5. The van der Waals surface area contributed by atoms with E-state index in [-0.39, 0.29) is 18.6 Å². The van der Waals surface area contributed by atoms with Crippen LogP contribution in [0.3, 0.4) is 0 Å². The van der Waals surface area contributed by atoms with Gasteiger partial charge < -0.3 is 14.8 Å². The smallest absolute Gasteiger partial charge is 0.444 e. The van der Waals surface area contributed by atoms with Crippen molar-refractivity contribution in [3.05, 3.63) is 88.9 Å². The van der Waals surface area contributed by atoms with Crippen molar-refractivity contribution in [3.8, 4) is 16.9 Å². The van der Waals surface area contributed by atoms with E-state index >= 15 is 0 Å². The summed E-state index contributed by atoms with van der Waals surface area (Å²) in [6.45, 7) is 5.22. The number of ether oxygens (including phenoxy) is 2. The molecular formula is C29H28ClF4NO4. The van der Waals surface area contributed by atoms with Gasteiger partial charge in [0.05, 0.1) is 11.1 Å². The van der Waals surface area contributed by atoms with Gasteiger partial charge in [0.15, 0.2) is 5.78 Å². The summed E-state index contributed by atoms with van der Waals surface area (Å²) in [5, 5.41) is 3.16. The van der Waals surface area contributed by atoms with E-state index in [0.29, 0.717) is 27.3 Å². The summed E-state index contributed by atoms with van der Waals surface area (Å²) in [6.07, 6.45) is -8.80. The van der Waals surface area contributed by atoms with Gasteiger partial charge in [-0.2, -0.15) is 17.6 Å². The maximum Gasteiger partial charge on any atom is 0.461 e. The van der Waals surface area contributed by atoms with E-state index in [2.05, 4.69) is 10.1 Å². The van der Waals surface area contributed by atoms with Crippen LogP contribution in [0, 0.1) is 0 Å². The molecule has 1 unspecified atom stereocenters. The Labute approximate surface area is 229 Å². The van der Waals surface area contributed by atoms with E-state index in [1.165, 1.54) is 24.3 Å². The molecule has 0 aromatic heterocycles. The molecule has 0 aliphatic carbocycles. The summed E-state index contributed by atoms with van der Waals surface area (Å²) in [4.78, 5) is 25.3. The van der Waals surface area contributed by atoms with Gasteiger partial charge in [0.2, 0.25) is 0 Å². The summed E-state index contributed by atoms with van der Waals surface area (Å²) < 4.78 is 60.5. The standard InChI is InChI=1S/C29H28ClF4NO4/c1-28(2,3)39-27(37)35-24(16-17-25(36)22-6-4-5-7-23(22)30)20-10-8-18(9-11-20)19-12-14-21(15-13-19)38-29(33,34)26(31)32/h4-15,24,26H,16-17H2,1-3H3,(H,35,37). The van der Waals surface area contributed by atoms with Crippen molar-refractivity contribution < 1.29 is 36.6 Å². The fourth-order valence-electron chi connectivity index (χ4n) is 3.69. The summed E-state index contributed by atoms with van der Waals surface area (Å²) >= 11 is 6.15. The van der Waals surface area contributed by atoms with Gasteiger partial charge >= 0.3 is 18.6 Å². The van der Waals surface area contributed by atoms with Crippen LogP contribution < -0.4 is 10.1 Å². The fraction of sp³-hybridized carbons (Fsp3) is 0.310. The van der Waals surface area contributed by atoms with Gasteiger partial charge in [-0.05, 0) is 68.1 Å². The van der Waals surface area contributed by atoms with Gasteiger partial charge in [-0.1, -0.05) is 60.1 Å². The second-order valence-electron chi connectivity index (χ2n) is 9.75. The van der Waals surface area contributed by atoms with Gasteiger partial charge in [0, 0.05) is 12.0 Å². The molecule has 3 rings (SSSR count). The zero-order valence-electron chi connectivity index (χ0n) is 21.5. The van der Waals surface area contributed by atoms with E-state index in [1.807, 2.05) is 0 Å². The number of benzene rings is 3. The van der Waals surface area contributed by atoms with Crippen LogP contribution in [-0.4, -0.2) is 30.0 Å². The molecule has 1 amide bonds. The molecule has 5 nitrogen and oxygen atoms in total. The Morgan fingerprint density at radius 2 is 1.46 bits per heavy atom. The molecule has 3 aromatic rings. The lowest BCUT2D eigenvalue weighted by molar-refractivity contribution is -0.253. The van der Waals surface area contributed by atoms with Crippen LogP contribution in [0.2, 0.25) is 5.02 Å². The second-order valence-corrected chi connectivity index (χ2v) is 10.2. The largest absolute Gasteiger partial charge is 0.461 e. The van der Waals surface area contributed by atoms with Crippen molar-refractivity contribution in [3.63, 3.8) is 0 Å². The third-order valence-electron chi connectivity index (χ3n) is 5.53. The summed E-state index contributed by atoms with van der Waals surface area (Å²) in [5.74, 6) is -0.571. The Bertz CT molecular complexity index is 1280. The number of hydrogen-bond acceptors (Lipinski definition) is 4. The molecule has 0 bridgehead atoms. The molecule has 0 saturated heterocycles. The van der Waals surface area contributed by atoms with Gasteiger partial charge in [0.1, 0.15) is 11.4 Å². The number of alkyl carbamates (subject to hydrolysis) is 1. The molecule has 0 saturated carbocycles. The average Bonchev–Trinajstić information content (AvgIpc) is 2.86. The van der Waals surface area contributed by atoms with Crippen LogP contribution >= 0.6 is 11.6 Å². The first kappa shape index (κ1) is 30.0. The minimum atomic E-state index is -4.59. The lowest BCUT2D eigenvalue weighted by Crippen LogP contribution is -2.35. The Hall–Kier alpha value is -3.59. The maximum absolute atomic E-state index is 13.1. The van der Waals surface area contributed by atoms with Crippen LogP contribution in [0.15, 0.2) is 72.8 Å². The minimum absolute atomic E-state index is 0.108. The second kappa shape index (κ2) is 12.5. The van der Waals surface area contributed by atoms with Crippen LogP contribution in [0.1, 0.15) is 55.6 Å².